The second kappa shape index (κ2) is 3.77. The molecule has 0 aromatic rings. The quantitative estimate of drug-likeness (QED) is 0.581. The van der Waals surface area contributed by atoms with Gasteiger partial charge in [0.15, 0.2) is 0 Å². The summed E-state index contributed by atoms with van der Waals surface area (Å²) < 4.78 is 0. The van der Waals surface area contributed by atoms with Crippen molar-refractivity contribution < 1.29 is 5.11 Å². The number of rotatable bonds is 2. The summed E-state index contributed by atoms with van der Waals surface area (Å²) in [6.07, 6.45) is 8.06. The molecule has 1 aliphatic rings. The highest BCUT2D eigenvalue weighted by atomic mass is 16.3. The first-order valence-corrected chi connectivity index (χ1v) is 4.10. The highest BCUT2D eigenvalue weighted by Gasteiger charge is 2.21. The molecular formula is C9H16O. The van der Waals surface area contributed by atoms with E-state index in [1.807, 2.05) is 0 Å². The number of hydrogen-bond acceptors (Lipinski definition) is 1. The van der Waals surface area contributed by atoms with Crippen LogP contribution in [0.25, 0.3) is 0 Å². The Morgan fingerprint density at radius 1 is 1.50 bits per heavy atom. The molecule has 1 fully saturated rings. The molecule has 0 spiro atoms. The topological polar surface area (TPSA) is 20.2 Å². The van der Waals surface area contributed by atoms with Gasteiger partial charge in [0.1, 0.15) is 0 Å². The summed E-state index contributed by atoms with van der Waals surface area (Å²) in [5, 5.41) is 8.83. The Bertz CT molecular complexity index is 118. The normalized spacial score (nSPS) is 33.8. The fourth-order valence-electron chi connectivity index (χ4n) is 1.73. The van der Waals surface area contributed by atoms with Gasteiger partial charge in [-0.3, -0.25) is 0 Å². The highest BCUT2D eigenvalue weighted by molar-refractivity contribution is 4.90. The molecule has 1 heteroatoms. The molecule has 1 nitrogen and oxygen atoms in total. The van der Waals surface area contributed by atoms with Crippen LogP contribution in [-0.2, 0) is 0 Å². The molecule has 0 bridgehead atoms. The molecule has 10 heavy (non-hydrogen) atoms. The van der Waals surface area contributed by atoms with Gasteiger partial charge in [-0.15, -0.1) is 0 Å². The van der Waals surface area contributed by atoms with Gasteiger partial charge < -0.3 is 5.11 Å². The van der Waals surface area contributed by atoms with Crippen LogP contribution in [0.1, 0.15) is 26.2 Å². The van der Waals surface area contributed by atoms with Gasteiger partial charge in [-0.1, -0.05) is 12.2 Å². The van der Waals surface area contributed by atoms with Crippen molar-refractivity contribution in [2.24, 2.45) is 11.8 Å². The van der Waals surface area contributed by atoms with Crippen molar-refractivity contribution in [2.45, 2.75) is 26.2 Å². The van der Waals surface area contributed by atoms with E-state index in [4.69, 9.17) is 5.11 Å². The van der Waals surface area contributed by atoms with E-state index in [1.54, 1.807) is 0 Å². The third-order valence-corrected chi connectivity index (χ3v) is 2.30. The minimum absolute atomic E-state index is 0.383. The third-order valence-electron chi connectivity index (χ3n) is 2.30. The van der Waals surface area contributed by atoms with Gasteiger partial charge in [0.2, 0.25) is 0 Å². The summed E-state index contributed by atoms with van der Waals surface area (Å²) in [7, 11) is 0. The number of allylic oxidation sites excluding steroid dienone is 2. The third kappa shape index (κ3) is 1.84. The summed E-state index contributed by atoms with van der Waals surface area (Å²) in [4.78, 5) is 0. The Hall–Kier alpha value is -0.300. The maximum atomic E-state index is 8.83. The minimum Gasteiger partial charge on any atom is -0.396 e. The molecule has 1 saturated carbocycles. The van der Waals surface area contributed by atoms with Crippen LogP contribution in [0, 0.1) is 11.8 Å². The monoisotopic (exact) mass is 140 g/mol. The van der Waals surface area contributed by atoms with Crippen LogP contribution < -0.4 is 0 Å². The summed E-state index contributed by atoms with van der Waals surface area (Å²) in [6, 6.07) is 0. The van der Waals surface area contributed by atoms with Crippen molar-refractivity contribution in [3.8, 4) is 0 Å². The summed E-state index contributed by atoms with van der Waals surface area (Å²) in [6.45, 7) is 2.44. The van der Waals surface area contributed by atoms with Crippen molar-refractivity contribution in [3.05, 3.63) is 12.2 Å². The zero-order chi connectivity index (χ0) is 7.40. The molecule has 0 amide bonds. The first kappa shape index (κ1) is 7.80. The zero-order valence-corrected chi connectivity index (χ0v) is 6.59. The molecule has 0 saturated heterocycles. The number of aliphatic hydroxyl groups is 1. The van der Waals surface area contributed by atoms with Crippen molar-refractivity contribution in [2.75, 3.05) is 6.61 Å². The molecule has 1 rings (SSSR count). The molecule has 0 aliphatic heterocycles. The van der Waals surface area contributed by atoms with Crippen LogP contribution in [0.15, 0.2) is 12.2 Å². The van der Waals surface area contributed by atoms with Crippen molar-refractivity contribution in [3.63, 3.8) is 0 Å². The van der Waals surface area contributed by atoms with Crippen LogP contribution in [0.4, 0.5) is 0 Å². The lowest BCUT2D eigenvalue weighted by Gasteiger charge is -2.02. The van der Waals surface area contributed by atoms with Crippen LogP contribution in [-0.4, -0.2) is 11.7 Å². The summed E-state index contributed by atoms with van der Waals surface area (Å²) in [5.41, 5.74) is 0. The van der Waals surface area contributed by atoms with Gasteiger partial charge >= 0.3 is 0 Å². The van der Waals surface area contributed by atoms with Gasteiger partial charge in [-0.05, 0) is 38.0 Å². The standard InChI is InChI=1S/C9H16O/c1-2-3-8-4-5-9(6-8)7-10/h2-3,8-10H,4-7H2,1H3/b3-2+. The average Bonchev–Trinajstić information content (AvgIpc) is 2.37. The van der Waals surface area contributed by atoms with Crippen LogP contribution in [0.5, 0.6) is 0 Å². The molecule has 2 unspecified atom stereocenters. The predicted molar refractivity (Wildman–Crippen MR) is 42.7 cm³/mol. The molecule has 58 valence electrons. The Labute approximate surface area is 62.8 Å². The smallest absolute Gasteiger partial charge is 0.0459 e. The summed E-state index contributed by atoms with van der Waals surface area (Å²) >= 11 is 0. The largest absolute Gasteiger partial charge is 0.396 e. The van der Waals surface area contributed by atoms with Crippen molar-refractivity contribution in [1.82, 2.24) is 0 Å². The Morgan fingerprint density at radius 2 is 2.30 bits per heavy atom. The van der Waals surface area contributed by atoms with Gasteiger partial charge in [0, 0.05) is 6.61 Å². The molecule has 1 N–H and O–H groups in total. The fraction of sp³-hybridized carbons (Fsp3) is 0.778. The number of aliphatic hydroxyl groups excluding tert-OH is 1. The maximum absolute atomic E-state index is 8.83. The average molecular weight is 140 g/mol. The molecular weight excluding hydrogens is 124 g/mol. The SMILES string of the molecule is C/C=C/C1CCC(CO)C1. The minimum atomic E-state index is 0.383. The van der Waals surface area contributed by atoms with E-state index in [2.05, 4.69) is 19.1 Å². The van der Waals surface area contributed by atoms with Crippen molar-refractivity contribution >= 4 is 0 Å². The number of hydrogen-bond donors (Lipinski definition) is 1. The molecule has 0 radical (unpaired) electrons. The van der Waals surface area contributed by atoms with E-state index in [9.17, 15) is 0 Å². The lowest BCUT2D eigenvalue weighted by molar-refractivity contribution is 0.228. The van der Waals surface area contributed by atoms with E-state index in [1.165, 1.54) is 19.3 Å². The second-order valence-corrected chi connectivity index (χ2v) is 3.15. The lowest BCUT2D eigenvalue weighted by atomic mass is 10.1. The predicted octanol–water partition coefficient (Wildman–Crippen LogP) is 1.97. The van der Waals surface area contributed by atoms with Gasteiger partial charge in [0.05, 0.1) is 0 Å². The maximum Gasteiger partial charge on any atom is 0.0459 e. The lowest BCUT2D eigenvalue weighted by Crippen LogP contribution is -1.99. The zero-order valence-electron chi connectivity index (χ0n) is 6.59. The van der Waals surface area contributed by atoms with E-state index in [-0.39, 0.29) is 0 Å². The Balaban J connectivity index is 2.28. The van der Waals surface area contributed by atoms with E-state index in [0.29, 0.717) is 12.5 Å². The second-order valence-electron chi connectivity index (χ2n) is 3.15. The Morgan fingerprint density at radius 3 is 2.80 bits per heavy atom. The molecule has 2 atom stereocenters. The van der Waals surface area contributed by atoms with Gasteiger partial charge in [-0.2, -0.15) is 0 Å². The highest BCUT2D eigenvalue weighted by Crippen LogP contribution is 2.30. The molecule has 1 aliphatic carbocycles. The van der Waals surface area contributed by atoms with E-state index >= 15 is 0 Å². The summed E-state index contributed by atoms with van der Waals surface area (Å²) in [5.74, 6) is 1.34. The Kier molecular flexibility index (Phi) is 2.94. The molecule has 0 aromatic heterocycles. The van der Waals surface area contributed by atoms with Gasteiger partial charge in [0.25, 0.3) is 0 Å². The van der Waals surface area contributed by atoms with Gasteiger partial charge in [-0.25, -0.2) is 0 Å². The molecule has 0 aromatic carbocycles. The van der Waals surface area contributed by atoms with Crippen molar-refractivity contribution in [1.29, 1.82) is 0 Å². The van der Waals surface area contributed by atoms with E-state index in [0.717, 1.165) is 5.92 Å². The van der Waals surface area contributed by atoms with Crippen LogP contribution >= 0.6 is 0 Å². The van der Waals surface area contributed by atoms with E-state index < -0.39 is 0 Å². The van der Waals surface area contributed by atoms with Crippen LogP contribution in [0.3, 0.4) is 0 Å². The first-order valence-electron chi connectivity index (χ1n) is 4.10. The fourth-order valence-corrected chi connectivity index (χ4v) is 1.73. The van der Waals surface area contributed by atoms with Crippen LogP contribution in [0.2, 0.25) is 0 Å². The first-order chi connectivity index (χ1) is 4.86. The molecule has 0 heterocycles.